The number of phenolic OH excluding ortho intramolecular Hbond substituents is 1. The van der Waals surface area contributed by atoms with Crippen LogP contribution in [0.15, 0.2) is 53.5 Å². The standard InChI is InChI=1S/C24H20N2O7S/c1-2-31-17-11-13(3-5-15(17)27)20-19(22(29)23(30)26(20)24-25-7-10-34-24)21(28)14-4-6-16-18(12-14)33-9-8-32-16/h3-7,10-12,20,27-28H,2,8-9H2,1H3/b21-19+. The Hall–Kier alpha value is -4.05. The van der Waals surface area contributed by atoms with Gasteiger partial charge in [0.05, 0.1) is 18.2 Å². The fraction of sp³-hybridized carbons (Fsp3) is 0.208. The van der Waals surface area contributed by atoms with E-state index in [0.717, 1.165) is 0 Å². The second kappa shape index (κ2) is 8.71. The number of carbonyl (C=O) groups excluding carboxylic acids is 2. The molecule has 9 nitrogen and oxygen atoms in total. The fourth-order valence-electron chi connectivity index (χ4n) is 4.00. The predicted molar refractivity (Wildman–Crippen MR) is 124 cm³/mol. The predicted octanol–water partition coefficient (Wildman–Crippen LogP) is 3.64. The molecule has 0 spiro atoms. The Labute approximate surface area is 198 Å². The minimum Gasteiger partial charge on any atom is -0.507 e. The first-order valence-corrected chi connectivity index (χ1v) is 11.4. The average Bonchev–Trinajstić information content (AvgIpc) is 3.46. The van der Waals surface area contributed by atoms with Gasteiger partial charge in [0.15, 0.2) is 28.1 Å². The Balaban J connectivity index is 1.69. The Morgan fingerprint density at radius 3 is 2.71 bits per heavy atom. The van der Waals surface area contributed by atoms with E-state index >= 15 is 0 Å². The van der Waals surface area contributed by atoms with Crippen LogP contribution in [0.1, 0.15) is 24.1 Å². The number of rotatable bonds is 5. The van der Waals surface area contributed by atoms with E-state index in [0.29, 0.717) is 47.6 Å². The molecule has 0 saturated carbocycles. The van der Waals surface area contributed by atoms with Gasteiger partial charge >= 0.3 is 5.91 Å². The van der Waals surface area contributed by atoms with Gasteiger partial charge in [0.1, 0.15) is 19.0 Å². The first-order valence-electron chi connectivity index (χ1n) is 10.6. The van der Waals surface area contributed by atoms with Crippen molar-refractivity contribution in [3.05, 3.63) is 64.7 Å². The van der Waals surface area contributed by atoms with E-state index in [1.54, 1.807) is 42.6 Å². The lowest BCUT2D eigenvalue weighted by Gasteiger charge is -2.24. The van der Waals surface area contributed by atoms with Crippen LogP contribution in [0.2, 0.25) is 0 Å². The van der Waals surface area contributed by atoms with Crippen LogP contribution in [0.25, 0.3) is 5.76 Å². The van der Waals surface area contributed by atoms with E-state index in [1.165, 1.54) is 28.5 Å². The van der Waals surface area contributed by atoms with Crippen molar-refractivity contribution < 1.29 is 34.0 Å². The van der Waals surface area contributed by atoms with Gasteiger partial charge in [-0.3, -0.25) is 14.5 Å². The number of aliphatic hydroxyl groups is 1. The van der Waals surface area contributed by atoms with Crippen molar-refractivity contribution in [2.24, 2.45) is 0 Å². The molecule has 1 fully saturated rings. The van der Waals surface area contributed by atoms with Gasteiger partial charge in [-0.1, -0.05) is 6.07 Å². The number of anilines is 1. The zero-order valence-corrected chi connectivity index (χ0v) is 18.9. The molecule has 1 atom stereocenters. The molecule has 2 N–H and O–H groups in total. The highest BCUT2D eigenvalue weighted by Gasteiger charge is 2.48. The zero-order chi connectivity index (χ0) is 23.8. The third kappa shape index (κ3) is 3.61. The Bertz CT molecular complexity index is 1300. The largest absolute Gasteiger partial charge is 0.507 e. The molecule has 174 valence electrons. The Morgan fingerprint density at radius 2 is 1.97 bits per heavy atom. The number of benzene rings is 2. The summed E-state index contributed by atoms with van der Waals surface area (Å²) in [5.74, 6) is -0.937. The molecule has 3 aromatic rings. The van der Waals surface area contributed by atoms with Gasteiger partial charge in [0.2, 0.25) is 0 Å². The summed E-state index contributed by atoms with van der Waals surface area (Å²) in [6.45, 7) is 2.86. The number of fused-ring (bicyclic) bond motifs is 1. The molecule has 2 aliphatic rings. The molecule has 5 rings (SSSR count). The fourth-order valence-corrected chi connectivity index (χ4v) is 4.67. The summed E-state index contributed by atoms with van der Waals surface area (Å²) in [5, 5.41) is 23.4. The Kier molecular flexibility index (Phi) is 5.58. The number of phenols is 1. The van der Waals surface area contributed by atoms with E-state index in [9.17, 15) is 19.8 Å². The molecule has 2 aliphatic heterocycles. The van der Waals surface area contributed by atoms with E-state index < -0.39 is 17.7 Å². The monoisotopic (exact) mass is 480 g/mol. The van der Waals surface area contributed by atoms with Crippen LogP contribution in [0, 0.1) is 0 Å². The second-order valence-corrected chi connectivity index (χ2v) is 8.38. The molecule has 1 amide bonds. The molecular formula is C24H20N2O7S. The topological polar surface area (TPSA) is 118 Å². The minimum absolute atomic E-state index is 0.0800. The third-order valence-electron chi connectivity index (χ3n) is 5.48. The number of hydrogen-bond donors (Lipinski definition) is 2. The number of aromatic hydroxyl groups is 1. The van der Waals surface area contributed by atoms with Gasteiger partial charge in [-0.05, 0) is 42.8 Å². The normalized spacial score (nSPS) is 18.9. The molecule has 1 saturated heterocycles. The Morgan fingerprint density at radius 1 is 1.18 bits per heavy atom. The quantitative estimate of drug-likeness (QED) is 0.323. The van der Waals surface area contributed by atoms with Gasteiger partial charge in [-0.15, -0.1) is 11.3 Å². The number of Topliss-reactive ketones (excluding diaryl/α,β-unsaturated/α-hetero) is 1. The van der Waals surface area contributed by atoms with Crippen LogP contribution >= 0.6 is 11.3 Å². The van der Waals surface area contributed by atoms with Gasteiger partial charge in [-0.25, -0.2) is 4.98 Å². The number of nitrogens with zero attached hydrogens (tertiary/aromatic N) is 2. The number of ether oxygens (including phenoxy) is 3. The maximum absolute atomic E-state index is 13.2. The molecule has 3 heterocycles. The van der Waals surface area contributed by atoms with Gasteiger partial charge in [-0.2, -0.15) is 0 Å². The number of thiazole rings is 1. The van der Waals surface area contributed by atoms with E-state index in [4.69, 9.17) is 14.2 Å². The summed E-state index contributed by atoms with van der Waals surface area (Å²) in [4.78, 5) is 31.8. The van der Waals surface area contributed by atoms with Crippen molar-refractivity contribution >= 4 is 33.9 Å². The number of ketones is 1. The minimum atomic E-state index is -0.987. The number of aliphatic hydroxyl groups excluding tert-OH is 1. The maximum atomic E-state index is 13.2. The first-order chi connectivity index (χ1) is 16.5. The molecule has 1 aromatic heterocycles. The second-order valence-electron chi connectivity index (χ2n) is 7.50. The van der Waals surface area contributed by atoms with Gasteiger partial charge in [0.25, 0.3) is 5.78 Å². The van der Waals surface area contributed by atoms with Crippen molar-refractivity contribution in [2.75, 3.05) is 24.7 Å². The lowest BCUT2D eigenvalue weighted by molar-refractivity contribution is -0.132. The van der Waals surface area contributed by atoms with Crippen LogP contribution in [0.4, 0.5) is 5.13 Å². The number of aromatic nitrogens is 1. The van der Waals surface area contributed by atoms with E-state index in [2.05, 4.69) is 4.98 Å². The molecular weight excluding hydrogens is 460 g/mol. The number of carbonyl (C=O) groups is 2. The number of amides is 1. The highest BCUT2D eigenvalue weighted by molar-refractivity contribution is 7.14. The van der Waals surface area contributed by atoms with Crippen LogP contribution < -0.4 is 19.1 Å². The zero-order valence-electron chi connectivity index (χ0n) is 18.1. The van der Waals surface area contributed by atoms with Crippen molar-refractivity contribution in [2.45, 2.75) is 13.0 Å². The van der Waals surface area contributed by atoms with Crippen molar-refractivity contribution in [1.29, 1.82) is 0 Å². The summed E-state index contributed by atoms with van der Waals surface area (Å²) < 4.78 is 16.6. The van der Waals surface area contributed by atoms with Crippen LogP contribution in [0.5, 0.6) is 23.0 Å². The summed E-state index contributed by atoms with van der Waals surface area (Å²) in [6, 6.07) is 8.37. The smallest absolute Gasteiger partial charge is 0.301 e. The van der Waals surface area contributed by atoms with E-state index in [1.807, 2.05) is 0 Å². The van der Waals surface area contributed by atoms with E-state index in [-0.39, 0.29) is 22.8 Å². The highest BCUT2D eigenvalue weighted by Crippen LogP contribution is 2.45. The third-order valence-corrected chi connectivity index (χ3v) is 6.26. The van der Waals surface area contributed by atoms with Crippen LogP contribution in [-0.4, -0.2) is 46.7 Å². The molecule has 34 heavy (non-hydrogen) atoms. The number of hydrogen-bond acceptors (Lipinski definition) is 9. The summed E-state index contributed by atoms with van der Waals surface area (Å²) in [7, 11) is 0. The SMILES string of the molecule is CCOc1cc(C2/C(=C(\O)c3ccc4c(c3)OCCO4)C(=O)C(=O)N2c2nccs2)ccc1O. The summed E-state index contributed by atoms with van der Waals surface area (Å²) in [6.07, 6.45) is 1.53. The summed E-state index contributed by atoms with van der Waals surface area (Å²) >= 11 is 1.19. The van der Waals surface area contributed by atoms with Gasteiger partial charge in [0, 0.05) is 17.1 Å². The average molecular weight is 480 g/mol. The van der Waals surface area contributed by atoms with Crippen molar-refractivity contribution in [1.82, 2.24) is 4.98 Å². The molecule has 10 heteroatoms. The van der Waals surface area contributed by atoms with Crippen molar-refractivity contribution in [3.63, 3.8) is 0 Å². The molecule has 0 bridgehead atoms. The molecule has 0 aliphatic carbocycles. The maximum Gasteiger partial charge on any atom is 0.301 e. The molecule has 0 radical (unpaired) electrons. The molecule has 1 unspecified atom stereocenters. The summed E-state index contributed by atoms with van der Waals surface area (Å²) in [5.41, 5.74) is 0.662. The lowest BCUT2D eigenvalue weighted by Crippen LogP contribution is -2.29. The molecule has 2 aromatic carbocycles. The van der Waals surface area contributed by atoms with Crippen LogP contribution in [-0.2, 0) is 9.59 Å². The highest BCUT2D eigenvalue weighted by atomic mass is 32.1. The lowest BCUT2D eigenvalue weighted by atomic mass is 9.95. The van der Waals surface area contributed by atoms with Gasteiger partial charge < -0.3 is 24.4 Å². The van der Waals surface area contributed by atoms with Crippen molar-refractivity contribution in [3.8, 4) is 23.0 Å². The first kappa shape index (κ1) is 21.8. The van der Waals surface area contributed by atoms with Crippen LogP contribution in [0.3, 0.4) is 0 Å².